The van der Waals surface area contributed by atoms with E-state index in [-0.39, 0.29) is 17.7 Å². The zero-order valence-electron chi connectivity index (χ0n) is 13.1. The predicted molar refractivity (Wildman–Crippen MR) is 81.4 cm³/mol. The molecule has 0 spiro atoms. The van der Waals surface area contributed by atoms with Crippen LogP contribution in [0.2, 0.25) is 0 Å². The summed E-state index contributed by atoms with van der Waals surface area (Å²) in [6.07, 6.45) is 0. The Hall–Kier alpha value is -2.04. The summed E-state index contributed by atoms with van der Waals surface area (Å²) in [5, 5.41) is 2.80. The fourth-order valence-corrected chi connectivity index (χ4v) is 2.56. The number of hydrogen-bond acceptors (Lipinski definition) is 3. The minimum atomic E-state index is -0.553. The smallest absolute Gasteiger partial charge is 0.250 e. The molecule has 5 nitrogen and oxygen atoms in total. The third kappa shape index (κ3) is 2.73. The molecule has 2 amide bonds. The van der Waals surface area contributed by atoms with Crippen molar-refractivity contribution in [3.05, 3.63) is 23.8 Å². The maximum absolute atomic E-state index is 12.8. The Bertz CT molecular complexity index is 569. The standard InChI is InChI=1S/C16H22N2O3/c1-9(2)14-16(20)18(11(4)15(19)17-14)12-8-10(3)6-7-13(12)21-5/h6-9,11,14H,1-5H3,(H,17,19). The van der Waals surface area contributed by atoms with Crippen LogP contribution in [0, 0.1) is 12.8 Å². The van der Waals surface area contributed by atoms with E-state index in [4.69, 9.17) is 4.74 Å². The molecule has 0 aromatic heterocycles. The van der Waals surface area contributed by atoms with Gasteiger partial charge in [-0.1, -0.05) is 19.9 Å². The second-order valence-corrected chi connectivity index (χ2v) is 5.79. The molecule has 1 saturated heterocycles. The second kappa shape index (κ2) is 5.76. The van der Waals surface area contributed by atoms with E-state index in [0.717, 1.165) is 5.56 Å². The molecule has 0 aliphatic carbocycles. The second-order valence-electron chi connectivity index (χ2n) is 5.79. The summed E-state index contributed by atoms with van der Waals surface area (Å²) in [6.45, 7) is 7.52. The number of aryl methyl sites for hydroxylation is 1. The lowest BCUT2D eigenvalue weighted by atomic mass is 9.97. The zero-order valence-corrected chi connectivity index (χ0v) is 13.1. The van der Waals surface area contributed by atoms with Crippen LogP contribution in [0.4, 0.5) is 5.69 Å². The Kier molecular flexibility index (Phi) is 4.21. The SMILES string of the molecule is COc1ccc(C)cc1N1C(=O)C(C(C)C)NC(=O)C1C. The monoisotopic (exact) mass is 290 g/mol. The van der Waals surface area contributed by atoms with Crippen LogP contribution in [-0.2, 0) is 9.59 Å². The molecule has 2 rings (SSSR count). The first-order valence-electron chi connectivity index (χ1n) is 7.15. The molecule has 1 aromatic rings. The fourth-order valence-electron chi connectivity index (χ4n) is 2.56. The first kappa shape index (κ1) is 15.4. The summed E-state index contributed by atoms with van der Waals surface area (Å²) in [4.78, 5) is 26.5. The number of carbonyl (C=O) groups is 2. The van der Waals surface area contributed by atoms with Crippen molar-refractivity contribution >= 4 is 17.5 Å². The highest BCUT2D eigenvalue weighted by molar-refractivity contribution is 6.09. The van der Waals surface area contributed by atoms with Crippen LogP contribution < -0.4 is 15.0 Å². The molecule has 5 heteroatoms. The van der Waals surface area contributed by atoms with Gasteiger partial charge in [-0.25, -0.2) is 0 Å². The van der Waals surface area contributed by atoms with Crippen LogP contribution in [0.5, 0.6) is 5.75 Å². The van der Waals surface area contributed by atoms with Gasteiger partial charge in [0.2, 0.25) is 5.91 Å². The maximum Gasteiger partial charge on any atom is 0.250 e. The van der Waals surface area contributed by atoms with Crippen LogP contribution in [0.25, 0.3) is 0 Å². The Morgan fingerprint density at radius 1 is 1.29 bits per heavy atom. The van der Waals surface area contributed by atoms with E-state index < -0.39 is 12.1 Å². The third-order valence-corrected chi connectivity index (χ3v) is 3.83. The maximum atomic E-state index is 12.8. The van der Waals surface area contributed by atoms with Gasteiger partial charge < -0.3 is 10.1 Å². The normalized spacial score (nSPS) is 22.5. The third-order valence-electron chi connectivity index (χ3n) is 3.83. The first-order chi connectivity index (χ1) is 9.86. The van der Waals surface area contributed by atoms with Crippen LogP contribution in [0.1, 0.15) is 26.3 Å². The molecular weight excluding hydrogens is 268 g/mol. The quantitative estimate of drug-likeness (QED) is 0.924. The van der Waals surface area contributed by atoms with Crippen LogP contribution >= 0.6 is 0 Å². The number of methoxy groups -OCH3 is 1. The molecule has 0 saturated carbocycles. The van der Waals surface area contributed by atoms with Crippen molar-refractivity contribution in [3.63, 3.8) is 0 Å². The average molecular weight is 290 g/mol. The molecule has 1 N–H and O–H groups in total. The van der Waals surface area contributed by atoms with Gasteiger partial charge in [-0.2, -0.15) is 0 Å². The van der Waals surface area contributed by atoms with E-state index in [1.807, 2.05) is 39.0 Å². The Morgan fingerprint density at radius 3 is 2.52 bits per heavy atom. The van der Waals surface area contributed by atoms with Gasteiger partial charge in [0, 0.05) is 0 Å². The molecule has 0 radical (unpaired) electrons. The van der Waals surface area contributed by atoms with E-state index in [1.54, 1.807) is 18.9 Å². The molecular formula is C16H22N2O3. The number of piperazine rings is 1. The zero-order chi connectivity index (χ0) is 15.7. The van der Waals surface area contributed by atoms with Gasteiger partial charge in [-0.3, -0.25) is 14.5 Å². The van der Waals surface area contributed by atoms with Crippen molar-refractivity contribution in [2.75, 3.05) is 12.0 Å². The number of hydrogen-bond donors (Lipinski definition) is 1. The molecule has 1 aliphatic heterocycles. The van der Waals surface area contributed by atoms with Crippen molar-refractivity contribution in [3.8, 4) is 5.75 Å². The van der Waals surface area contributed by atoms with E-state index in [1.165, 1.54) is 0 Å². The topological polar surface area (TPSA) is 58.6 Å². The predicted octanol–water partition coefficient (Wildman–Crippen LogP) is 1.88. The van der Waals surface area contributed by atoms with Crippen molar-refractivity contribution in [1.82, 2.24) is 5.32 Å². The number of amides is 2. The van der Waals surface area contributed by atoms with Crippen LogP contribution in [0.15, 0.2) is 18.2 Å². The van der Waals surface area contributed by atoms with E-state index >= 15 is 0 Å². The molecule has 21 heavy (non-hydrogen) atoms. The van der Waals surface area contributed by atoms with Gasteiger partial charge in [0.15, 0.2) is 0 Å². The number of carbonyl (C=O) groups excluding carboxylic acids is 2. The van der Waals surface area contributed by atoms with Gasteiger partial charge in [0.05, 0.1) is 12.8 Å². The molecule has 114 valence electrons. The van der Waals surface area contributed by atoms with Crippen molar-refractivity contribution in [2.24, 2.45) is 5.92 Å². The number of ether oxygens (including phenoxy) is 1. The van der Waals surface area contributed by atoms with Crippen LogP contribution in [0.3, 0.4) is 0 Å². The summed E-state index contributed by atoms with van der Waals surface area (Å²) in [7, 11) is 1.56. The van der Waals surface area contributed by atoms with Crippen molar-refractivity contribution in [1.29, 1.82) is 0 Å². The van der Waals surface area contributed by atoms with Gasteiger partial charge in [0.25, 0.3) is 5.91 Å². The van der Waals surface area contributed by atoms with Gasteiger partial charge >= 0.3 is 0 Å². The highest BCUT2D eigenvalue weighted by Crippen LogP contribution is 2.33. The van der Waals surface area contributed by atoms with Gasteiger partial charge in [-0.15, -0.1) is 0 Å². The lowest BCUT2D eigenvalue weighted by Gasteiger charge is -2.39. The van der Waals surface area contributed by atoms with E-state index in [9.17, 15) is 9.59 Å². The summed E-state index contributed by atoms with van der Waals surface area (Å²) < 4.78 is 5.36. The minimum Gasteiger partial charge on any atom is -0.495 e. The van der Waals surface area contributed by atoms with E-state index in [0.29, 0.717) is 11.4 Å². The molecule has 2 atom stereocenters. The summed E-state index contributed by atoms with van der Waals surface area (Å²) in [5.41, 5.74) is 1.66. The number of benzene rings is 1. The molecule has 1 heterocycles. The summed E-state index contributed by atoms with van der Waals surface area (Å²) in [5.74, 6) is 0.392. The highest BCUT2D eigenvalue weighted by atomic mass is 16.5. The number of rotatable bonds is 3. The lowest BCUT2D eigenvalue weighted by Crippen LogP contribution is -2.64. The molecule has 1 fully saturated rings. The number of anilines is 1. The largest absolute Gasteiger partial charge is 0.495 e. The molecule has 2 unspecified atom stereocenters. The first-order valence-corrected chi connectivity index (χ1v) is 7.15. The molecule has 1 aliphatic rings. The number of nitrogens with one attached hydrogen (secondary N) is 1. The Balaban J connectivity index is 2.51. The summed E-state index contributed by atoms with van der Waals surface area (Å²) in [6, 6.07) is 4.56. The minimum absolute atomic E-state index is 0.0345. The lowest BCUT2D eigenvalue weighted by molar-refractivity contribution is -0.134. The van der Waals surface area contributed by atoms with Gasteiger partial charge in [-0.05, 0) is 37.5 Å². The summed E-state index contributed by atoms with van der Waals surface area (Å²) >= 11 is 0. The Labute approximate surface area is 125 Å². The highest BCUT2D eigenvalue weighted by Gasteiger charge is 2.41. The molecule has 1 aromatic carbocycles. The average Bonchev–Trinajstić information content (AvgIpc) is 2.43. The Morgan fingerprint density at radius 2 is 1.95 bits per heavy atom. The number of nitrogens with zero attached hydrogens (tertiary/aromatic N) is 1. The fraction of sp³-hybridized carbons (Fsp3) is 0.500. The van der Waals surface area contributed by atoms with Crippen LogP contribution in [-0.4, -0.2) is 31.0 Å². The van der Waals surface area contributed by atoms with Crippen molar-refractivity contribution in [2.45, 2.75) is 39.8 Å². The molecule has 0 bridgehead atoms. The van der Waals surface area contributed by atoms with E-state index in [2.05, 4.69) is 5.32 Å². The van der Waals surface area contributed by atoms with Gasteiger partial charge in [0.1, 0.15) is 17.8 Å². The van der Waals surface area contributed by atoms with Crippen molar-refractivity contribution < 1.29 is 14.3 Å².